The maximum atomic E-state index is 12.3. The summed E-state index contributed by atoms with van der Waals surface area (Å²) < 4.78 is 10.3. The van der Waals surface area contributed by atoms with Gasteiger partial charge in [-0.3, -0.25) is 9.59 Å². The molecule has 2 amide bonds. The smallest absolute Gasteiger partial charge is 0.338 e. The molecule has 8 heteroatoms. The lowest BCUT2D eigenvalue weighted by atomic mass is 10.2. The number of fused-ring (bicyclic) bond motifs is 1. The molecule has 0 saturated heterocycles. The Bertz CT molecular complexity index is 898. The van der Waals surface area contributed by atoms with Gasteiger partial charge in [-0.15, -0.1) is 11.8 Å². The van der Waals surface area contributed by atoms with Gasteiger partial charge in [0.05, 0.1) is 24.1 Å². The lowest BCUT2D eigenvalue weighted by Crippen LogP contribution is -2.35. The summed E-state index contributed by atoms with van der Waals surface area (Å²) in [5.74, 6) is -0.0561. The Balaban J connectivity index is 1.55. The molecule has 0 spiro atoms. The summed E-state index contributed by atoms with van der Waals surface area (Å²) in [5, 5.41) is 5.45. The van der Waals surface area contributed by atoms with Crippen LogP contribution in [0, 0.1) is 0 Å². The molecule has 0 aromatic heterocycles. The summed E-state index contributed by atoms with van der Waals surface area (Å²) in [7, 11) is 1.59. The average molecular weight is 400 g/mol. The van der Waals surface area contributed by atoms with Crippen LogP contribution in [-0.2, 0) is 20.9 Å². The molecular weight excluding hydrogens is 380 g/mol. The number of hydrogen-bond acceptors (Lipinski definition) is 6. The summed E-state index contributed by atoms with van der Waals surface area (Å²) in [6.07, 6.45) is -0.953. The van der Waals surface area contributed by atoms with E-state index in [-0.39, 0.29) is 11.5 Å². The topological polar surface area (TPSA) is 93.7 Å². The highest BCUT2D eigenvalue weighted by Crippen LogP contribution is 2.32. The average Bonchev–Trinajstić information content (AvgIpc) is 2.71. The number of anilines is 1. The first-order chi connectivity index (χ1) is 13.5. The molecule has 3 rings (SSSR count). The minimum absolute atomic E-state index is 0.116. The van der Waals surface area contributed by atoms with Crippen molar-refractivity contribution in [1.29, 1.82) is 0 Å². The quantitative estimate of drug-likeness (QED) is 0.724. The van der Waals surface area contributed by atoms with E-state index in [1.807, 2.05) is 12.1 Å². The maximum absolute atomic E-state index is 12.3. The standard InChI is InChI=1S/C20H20N2O5S/c1-12(19(24)21-10-13-3-6-15(26-2)7-4-13)27-20(25)14-5-8-17-16(9-14)22-18(23)11-28-17/h3-9,12H,10-11H2,1-2H3,(H,21,24)(H,22,23)/t12-/m0/s1. The predicted octanol–water partition coefficient (Wildman–Crippen LogP) is 2.60. The lowest BCUT2D eigenvalue weighted by molar-refractivity contribution is -0.129. The second-order valence-electron chi connectivity index (χ2n) is 6.16. The summed E-state index contributed by atoms with van der Waals surface area (Å²) >= 11 is 1.41. The van der Waals surface area contributed by atoms with Crippen LogP contribution in [0.1, 0.15) is 22.8 Å². The molecule has 2 aromatic carbocycles. The van der Waals surface area contributed by atoms with Crippen LogP contribution in [0.4, 0.5) is 5.69 Å². The Kier molecular flexibility index (Phi) is 6.20. The second kappa shape index (κ2) is 8.79. The third-order valence-corrected chi connectivity index (χ3v) is 5.20. The molecule has 1 aliphatic rings. The molecule has 1 aliphatic heterocycles. The van der Waals surface area contributed by atoms with Crippen molar-refractivity contribution in [1.82, 2.24) is 5.32 Å². The maximum Gasteiger partial charge on any atom is 0.338 e. The summed E-state index contributed by atoms with van der Waals surface area (Å²) in [4.78, 5) is 36.9. The van der Waals surface area contributed by atoms with Crippen molar-refractivity contribution >= 4 is 35.2 Å². The van der Waals surface area contributed by atoms with Crippen molar-refractivity contribution in [2.24, 2.45) is 0 Å². The lowest BCUT2D eigenvalue weighted by Gasteiger charge is -2.17. The monoisotopic (exact) mass is 400 g/mol. The number of methoxy groups -OCH3 is 1. The minimum atomic E-state index is -0.953. The molecule has 0 radical (unpaired) electrons. The van der Waals surface area contributed by atoms with Crippen molar-refractivity contribution in [3.05, 3.63) is 53.6 Å². The number of hydrogen-bond donors (Lipinski definition) is 2. The summed E-state index contributed by atoms with van der Waals surface area (Å²) in [6.45, 7) is 1.82. The number of thioether (sulfide) groups is 1. The van der Waals surface area contributed by atoms with Gasteiger partial charge in [0.2, 0.25) is 5.91 Å². The van der Waals surface area contributed by atoms with E-state index in [0.29, 0.717) is 18.0 Å². The Labute approximate surface area is 166 Å². The van der Waals surface area contributed by atoms with Crippen LogP contribution >= 0.6 is 11.8 Å². The Morgan fingerprint density at radius 2 is 1.96 bits per heavy atom. The van der Waals surface area contributed by atoms with E-state index < -0.39 is 18.0 Å². The van der Waals surface area contributed by atoms with Crippen molar-refractivity contribution in [3.8, 4) is 5.75 Å². The van der Waals surface area contributed by atoms with E-state index in [1.165, 1.54) is 18.7 Å². The Hall–Kier alpha value is -3.00. The Morgan fingerprint density at radius 3 is 2.68 bits per heavy atom. The van der Waals surface area contributed by atoms with Crippen molar-refractivity contribution in [2.45, 2.75) is 24.5 Å². The van der Waals surface area contributed by atoms with Crippen LogP contribution in [0.25, 0.3) is 0 Å². The van der Waals surface area contributed by atoms with Gasteiger partial charge in [-0.2, -0.15) is 0 Å². The minimum Gasteiger partial charge on any atom is -0.497 e. The van der Waals surface area contributed by atoms with E-state index in [0.717, 1.165) is 16.2 Å². The molecule has 1 atom stereocenters. The van der Waals surface area contributed by atoms with Crippen LogP contribution in [0.2, 0.25) is 0 Å². The van der Waals surface area contributed by atoms with Gasteiger partial charge in [-0.25, -0.2) is 4.79 Å². The van der Waals surface area contributed by atoms with Gasteiger partial charge >= 0.3 is 5.97 Å². The molecule has 0 saturated carbocycles. The number of rotatable bonds is 6. The van der Waals surface area contributed by atoms with Gasteiger partial charge in [-0.05, 0) is 42.8 Å². The number of carbonyl (C=O) groups excluding carboxylic acids is 3. The first-order valence-corrected chi connectivity index (χ1v) is 9.63. The SMILES string of the molecule is COc1ccc(CNC(=O)[C@H](C)OC(=O)c2ccc3c(c2)NC(=O)CS3)cc1. The molecule has 7 nitrogen and oxygen atoms in total. The van der Waals surface area contributed by atoms with Crippen molar-refractivity contribution in [2.75, 3.05) is 18.2 Å². The van der Waals surface area contributed by atoms with Gasteiger partial charge < -0.3 is 20.1 Å². The molecule has 0 fully saturated rings. The fourth-order valence-electron chi connectivity index (χ4n) is 2.57. The largest absolute Gasteiger partial charge is 0.497 e. The molecule has 0 aliphatic carbocycles. The summed E-state index contributed by atoms with van der Waals surface area (Å²) in [5.41, 5.74) is 1.75. The van der Waals surface area contributed by atoms with E-state index in [9.17, 15) is 14.4 Å². The molecule has 2 aromatic rings. The van der Waals surface area contributed by atoms with Crippen LogP contribution in [0.3, 0.4) is 0 Å². The third-order valence-electron chi connectivity index (χ3n) is 4.13. The first-order valence-electron chi connectivity index (χ1n) is 8.64. The van der Waals surface area contributed by atoms with Gasteiger partial charge in [0.1, 0.15) is 5.75 Å². The Morgan fingerprint density at radius 1 is 1.21 bits per heavy atom. The molecule has 0 bridgehead atoms. The van der Waals surface area contributed by atoms with Crippen LogP contribution < -0.4 is 15.4 Å². The van der Waals surface area contributed by atoms with Crippen molar-refractivity contribution in [3.63, 3.8) is 0 Å². The van der Waals surface area contributed by atoms with E-state index >= 15 is 0 Å². The van der Waals surface area contributed by atoms with E-state index in [1.54, 1.807) is 37.4 Å². The molecule has 146 valence electrons. The van der Waals surface area contributed by atoms with Crippen molar-refractivity contribution < 1.29 is 23.9 Å². The van der Waals surface area contributed by atoms with Crippen LogP contribution in [0.15, 0.2) is 47.4 Å². The fourth-order valence-corrected chi connectivity index (χ4v) is 3.36. The second-order valence-corrected chi connectivity index (χ2v) is 7.18. The molecule has 28 heavy (non-hydrogen) atoms. The normalized spacial score (nSPS) is 13.7. The molecule has 1 heterocycles. The first kappa shape index (κ1) is 19.8. The molecular formula is C20H20N2O5S. The van der Waals surface area contributed by atoms with Crippen LogP contribution in [0.5, 0.6) is 5.75 Å². The fraction of sp³-hybridized carbons (Fsp3) is 0.250. The highest BCUT2D eigenvalue weighted by Gasteiger charge is 2.21. The summed E-state index contributed by atoms with van der Waals surface area (Å²) in [6, 6.07) is 12.2. The van der Waals surface area contributed by atoms with Gasteiger partial charge in [0.25, 0.3) is 5.91 Å². The number of benzene rings is 2. The van der Waals surface area contributed by atoms with Gasteiger partial charge in [-0.1, -0.05) is 12.1 Å². The number of nitrogens with one attached hydrogen (secondary N) is 2. The number of carbonyl (C=O) groups is 3. The van der Waals surface area contributed by atoms with Gasteiger partial charge in [0.15, 0.2) is 6.10 Å². The number of esters is 1. The zero-order chi connectivity index (χ0) is 20.1. The van der Waals surface area contributed by atoms with E-state index in [2.05, 4.69) is 10.6 Å². The molecule has 2 N–H and O–H groups in total. The predicted molar refractivity (Wildman–Crippen MR) is 106 cm³/mol. The highest BCUT2D eigenvalue weighted by atomic mass is 32.2. The molecule has 0 unspecified atom stereocenters. The highest BCUT2D eigenvalue weighted by molar-refractivity contribution is 8.00. The zero-order valence-electron chi connectivity index (χ0n) is 15.5. The van der Waals surface area contributed by atoms with E-state index in [4.69, 9.17) is 9.47 Å². The van der Waals surface area contributed by atoms with Crippen LogP contribution in [-0.4, -0.2) is 36.8 Å². The number of amides is 2. The number of ether oxygens (including phenoxy) is 2. The van der Waals surface area contributed by atoms with Gasteiger partial charge in [0, 0.05) is 11.4 Å². The third kappa shape index (κ3) is 4.83. The zero-order valence-corrected chi connectivity index (χ0v) is 16.3.